The van der Waals surface area contributed by atoms with Crippen molar-refractivity contribution in [3.8, 4) is 0 Å². The molecule has 0 saturated heterocycles. The Balaban J connectivity index is 3.77. The van der Waals surface area contributed by atoms with Gasteiger partial charge in [-0.1, -0.05) is 0 Å². The lowest BCUT2D eigenvalue weighted by Gasteiger charge is -2.24. The number of ether oxygens (including phenoxy) is 2. The van der Waals surface area contributed by atoms with Crippen LogP contribution in [0.2, 0.25) is 38.3 Å². The summed E-state index contributed by atoms with van der Waals surface area (Å²) in [6, 6.07) is 2.17. The molecule has 0 aromatic carbocycles. The van der Waals surface area contributed by atoms with E-state index < -0.39 is 28.8 Å². The zero-order valence-electron chi connectivity index (χ0n) is 24.2. The highest BCUT2D eigenvalue weighted by Crippen LogP contribution is 2.14. The van der Waals surface area contributed by atoms with E-state index in [2.05, 4.69) is 36.0 Å². The lowest BCUT2D eigenvalue weighted by molar-refractivity contribution is 0.0169. The summed E-state index contributed by atoms with van der Waals surface area (Å²) in [6.45, 7) is 19.7. The molecule has 10 heteroatoms. The molecule has 2 unspecified atom stereocenters. The summed E-state index contributed by atoms with van der Waals surface area (Å²) < 4.78 is 23.0. The van der Waals surface area contributed by atoms with Gasteiger partial charge in [0, 0.05) is 39.5 Å². The Kier molecular flexibility index (Phi) is 20.2. The van der Waals surface area contributed by atoms with Gasteiger partial charge in [-0.05, 0) is 98.6 Å². The average molecular weight is 539 g/mol. The zero-order valence-corrected chi connectivity index (χ0v) is 26.2. The SMILES string of the molecule is CCO[Si](C)(C)CCCOCC(O)CN(C)CCCN(C)CC(O)COCCC[Si](C)(C)OCC. The summed E-state index contributed by atoms with van der Waals surface area (Å²) in [5.74, 6) is 0. The van der Waals surface area contributed by atoms with E-state index in [4.69, 9.17) is 18.3 Å². The standard InChI is InChI=1S/C25H58N2O6Si2/c1-9-32-34(5,6)18-12-16-30-22-24(28)20-26(3)14-11-15-27(4)21-25(29)23-31-17-13-19-35(7,8)33-10-2/h24-25,28-29H,9-23H2,1-8H3. The molecule has 35 heavy (non-hydrogen) atoms. The molecular formula is C25H58N2O6Si2. The van der Waals surface area contributed by atoms with Crippen molar-refractivity contribution in [3.05, 3.63) is 0 Å². The molecule has 0 aliphatic carbocycles. The Labute approximate surface area is 218 Å². The molecule has 0 spiro atoms. The number of hydrogen-bond acceptors (Lipinski definition) is 8. The Hall–Kier alpha value is 0.114. The number of nitrogens with zero attached hydrogens (tertiary/aromatic N) is 2. The minimum absolute atomic E-state index is 0.373. The van der Waals surface area contributed by atoms with Crippen LogP contribution in [0, 0.1) is 0 Å². The Bertz CT molecular complexity index is 461. The highest BCUT2D eigenvalue weighted by Gasteiger charge is 2.21. The molecule has 0 aromatic rings. The predicted molar refractivity (Wildman–Crippen MR) is 150 cm³/mol. The van der Waals surface area contributed by atoms with E-state index in [0.717, 1.165) is 57.7 Å². The first-order chi connectivity index (χ1) is 16.4. The van der Waals surface area contributed by atoms with Crippen LogP contribution in [0.1, 0.15) is 33.1 Å². The molecule has 212 valence electrons. The van der Waals surface area contributed by atoms with E-state index >= 15 is 0 Å². The maximum atomic E-state index is 10.2. The summed E-state index contributed by atoms with van der Waals surface area (Å²) >= 11 is 0. The summed E-state index contributed by atoms with van der Waals surface area (Å²) in [6.07, 6.45) is 1.99. The first-order valence-corrected chi connectivity index (χ1v) is 19.8. The molecule has 0 heterocycles. The van der Waals surface area contributed by atoms with Gasteiger partial charge in [0.15, 0.2) is 16.6 Å². The number of aliphatic hydroxyl groups excluding tert-OH is 2. The molecule has 2 atom stereocenters. The lowest BCUT2D eigenvalue weighted by atomic mass is 10.3. The minimum Gasteiger partial charge on any atom is -0.418 e. The Morgan fingerprint density at radius 2 is 1.03 bits per heavy atom. The van der Waals surface area contributed by atoms with Crippen LogP contribution in [0.4, 0.5) is 0 Å². The van der Waals surface area contributed by atoms with Gasteiger partial charge >= 0.3 is 0 Å². The van der Waals surface area contributed by atoms with E-state index in [9.17, 15) is 10.2 Å². The van der Waals surface area contributed by atoms with Crippen LogP contribution in [0.25, 0.3) is 0 Å². The van der Waals surface area contributed by atoms with Crippen molar-refractivity contribution in [2.45, 2.75) is 83.6 Å². The Morgan fingerprint density at radius 3 is 1.37 bits per heavy atom. The molecule has 0 amide bonds. The number of rotatable bonds is 24. The molecule has 0 rings (SSSR count). The second kappa shape index (κ2) is 20.1. The topological polar surface area (TPSA) is 83.9 Å². The molecule has 2 N–H and O–H groups in total. The van der Waals surface area contributed by atoms with Gasteiger partial charge in [-0.2, -0.15) is 0 Å². The van der Waals surface area contributed by atoms with Gasteiger partial charge in [-0.25, -0.2) is 0 Å². The second-order valence-corrected chi connectivity index (χ2v) is 19.5. The van der Waals surface area contributed by atoms with Crippen molar-refractivity contribution in [1.82, 2.24) is 9.80 Å². The summed E-state index contributed by atoms with van der Waals surface area (Å²) in [4.78, 5) is 4.28. The fraction of sp³-hybridized carbons (Fsp3) is 1.00. The molecule has 0 fully saturated rings. The van der Waals surface area contributed by atoms with Crippen LogP contribution >= 0.6 is 0 Å². The van der Waals surface area contributed by atoms with Crippen molar-refractivity contribution < 1.29 is 28.5 Å². The first kappa shape index (κ1) is 35.1. The van der Waals surface area contributed by atoms with Gasteiger partial charge in [0.2, 0.25) is 0 Å². The van der Waals surface area contributed by atoms with E-state index in [-0.39, 0.29) is 0 Å². The molecule has 0 aromatic heterocycles. The van der Waals surface area contributed by atoms with Crippen molar-refractivity contribution in [2.75, 3.05) is 79.9 Å². The van der Waals surface area contributed by atoms with Crippen LogP contribution in [0.15, 0.2) is 0 Å². The van der Waals surface area contributed by atoms with Crippen LogP contribution in [-0.4, -0.2) is 129 Å². The highest BCUT2D eigenvalue weighted by molar-refractivity contribution is 6.71. The lowest BCUT2D eigenvalue weighted by Crippen LogP contribution is -2.36. The molecule has 0 saturated carbocycles. The summed E-state index contributed by atoms with van der Waals surface area (Å²) in [5, 5.41) is 20.5. The first-order valence-electron chi connectivity index (χ1n) is 13.6. The molecular weight excluding hydrogens is 480 g/mol. The van der Waals surface area contributed by atoms with E-state index in [0.29, 0.717) is 39.5 Å². The quantitative estimate of drug-likeness (QED) is 0.143. The van der Waals surface area contributed by atoms with E-state index in [1.807, 2.05) is 27.9 Å². The molecule has 8 nitrogen and oxygen atoms in total. The summed E-state index contributed by atoms with van der Waals surface area (Å²) in [5.41, 5.74) is 0. The van der Waals surface area contributed by atoms with Crippen LogP contribution in [0.3, 0.4) is 0 Å². The fourth-order valence-corrected chi connectivity index (χ4v) is 8.03. The van der Waals surface area contributed by atoms with Crippen LogP contribution in [-0.2, 0) is 18.3 Å². The summed E-state index contributed by atoms with van der Waals surface area (Å²) in [7, 11) is 0.969. The third-order valence-corrected chi connectivity index (χ3v) is 11.2. The molecule has 0 radical (unpaired) electrons. The van der Waals surface area contributed by atoms with Gasteiger partial charge in [0.1, 0.15) is 0 Å². The maximum Gasteiger partial charge on any atom is 0.186 e. The van der Waals surface area contributed by atoms with Gasteiger partial charge in [-0.15, -0.1) is 0 Å². The van der Waals surface area contributed by atoms with Gasteiger partial charge < -0.3 is 38.3 Å². The maximum absolute atomic E-state index is 10.2. The van der Waals surface area contributed by atoms with Gasteiger partial charge in [0.25, 0.3) is 0 Å². The third kappa shape index (κ3) is 21.9. The third-order valence-electron chi connectivity index (χ3n) is 5.95. The smallest absolute Gasteiger partial charge is 0.186 e. The van der Waals surface area contributed by atoms with Crippen molar-refractivity contribution >= 4 is 16.6 Å². The van der Waals surface area contributed by atoms with Gasteiger partial charge in [-0.3, -0.25) is 0 Å². The highest BCUT2D eigenvalue weighted by atomic mass is 28.4. The van der Waals surface area contributed by atoms with Crippen molar-refractivity contribution in [1.29, 1.82) is 0 Å². The average Bonchev–Trinajstić information content (AvgIpc) is 2.72. The largest absolute Gasteiger partial charge is 0.418 e. The monoisotopic (exact) mass is 538 g/mol. The number of likely N-dealkylation sites (N-methyl/N-ethyl adjacent to an activating group) is 2. The number of aliphatic hydroxyl groups is 2. The minimum atomic E-state index is -1.54. The number of hydrogen-bond donors (Lipinski definition) is 2. The fourth-order valence-electron chi connectivity index (χ4n) is 4.18. The van der Waals surface area contributed by atoms with E-state index in [1.165, 1.54) is 0 Å². The zero-order chi connectivity index (χ0) is 26.7. The van der Waals surface area contributed by atoms with Gasteiger partial charge in [0.05, 0.1) is 25.4 Å². The molecule has 0 bridgehead atoms. The van der Waals surface area contributed by atoms with E-state index in [1.54, 1.807) is 0 Å². The second-order valence-electron chi connectivity index (χ2n) is 10.9. The molecule has 0 aliphatic rings. The van der Waals surface area contributed by atoms with Crippen LogP contribution in [0.5, 0.6) is 0 Å². The predicted octanol–water partition coefficient (Wildman–Crippen LogP) is 3.26. The van der Waals surface area contributed by atoms with Crippen molar-refractivity contribution in [3.63, 3.8) is 0 Å². The van der Waals surface area contributed by atoms with Crippen molar-refractivity contribution in [2.24, 2.45) is 0 Å². The molecule has 0 aliphatic heterocycles. The normalized spacial score (nSPS) is 14.7. The van der Waals surface area contributed by atoms with Crippen LogP contribution < -0.4 is 0 Å². The Morgan fingerprint density at radius 1 is 0.657 bits per heavy atom.